The Labute approximate surface area is 118 Å². The number of aromatic nitrogens is 1. The van der Waals surface area contributed by atoms with Gasteiger partial charge < -0.3 is 15.4 Å². The molecule has 1 aromatic heterocycles. The predicted octanol–water partition coefficient (Wildman–Crippen LogP) is 1.27. The number of H-pyrrole nitrogens is 1. The Morgan fingerprint density at radius 3 is 2.75 bits per heavy atom. The third-order valence-electron chi connectivity index (χ3n) is 4.05. The molecule has 2 unspecified atom stereocenters. The second-order valence-electron chi connectivity index (χ2n) is 5.65. The summed E-state index contributed by atoms with van der Waals surface area (Å²) in [6, 6.07) is 1.75. The topological polar surface area (TPSA) is 82.2 Å². The van der Waals surface area contributed by atoms with Gasteiger partial charge in [0.05, 0.1) is 0 Å². The monoisotopic (exact) mass is 278 g/mol. The molecule has 1 amide bonds. The molecule has 5 nitrogen and oxygen atoms in total. The van der Waals surface area contributed by atoms with Gasteiger partial charge in [-0.15, -0.1) is 0 Å². The van der Waals surface area contributed by atoms with E-state index < -0.39 is 0 Å². The van der Waals surface area contributed by atoms with Crippen molar-refractivity contribution in [2.75, 3.05) is 6.61 Å². The van der Waals surface area contributed by atoms with E-state index in [1.807, 2.05) is 0 Å². The minimum Gasteiger partial charge on any atom is -0.396 e. The summed E-state index contributed by atoms with van der Waals surface area (Å²) in [5.74, 6) is -0.244. The molecule has 0 spiro atoms. The van der Waals surface area contributed by atoms with Crippen LogP contribution in [0.25, 0.3) is 0 Å². The number of carbonyl (C=O) groups is 1. The highest BCUT2D eigenvalue weighted by atomic mass is 16.3. The lowest BCUT2D eigenvalue weighted by Crippen LogP contribution is -2.45. The highest BCUT2D eigenvalue weighted by Crippen LogP contribution is 2.24. The summed E-state index contributed by atoms with van der Waals surface area (Å²) >= 11 is 0. The molecule has 0 aliphatic heterocycles. The summed E-state index contributed by atoms with van der Waals surface area (Å²) in [5.41, 5.74) is 1.25. The van der Waals surface area contributed by atoms with E-state index in [0.717, 1.165) is 31.4 Å². The van der Waals surface area contributed by atoms with Gasteiger partial charge in [0, 0.05) is 24.3 Å². The first-order chi connectivity index (χ1) is 9.52. The van der Waals surface area contributed by atoms with Crippen molar-refractivity contribution in [3.05, 3.63) is 33.2 Å². The van der Waals surface area contributed by atoms with E-state index in [4.69, 9.17) is 0 Å². The molecular weight excluding hydrogens is 256 g/mol. The van der Waals surface area contributed by atoms with Gasteiger partial charge >= 0.3 is 0 Å². The van der Waals surface area contributed by atoms with Crippen LogP contribution in [0.3, 0.4) is 0 Å². The average Bonchev–Trinajstić information content (AvgIpc) is 2.38. The number of pyridine rings is 1. The first kappa shape index (κ1) is 14.8. The van der Waals surface area contributed by atoms with Crippen molar-refractivity contribution in [3.63, 3.8) is 0 Å². The van der Waals surface area contributed by atoms with Crippen LogP contribution in [-0.4, -0.2) is 28.6 Å². The quantitative estimate of drug-likeness (QED) is 0.778. The maximum atomic E-state index is 12.3. The molecule has 110 valence electrons. The van der Waals surface area contributed by atoms with E-state index in [0.29, 0.717) is 5.56 Å². The summed E-state index contributed by atoms with van der Waals surface area (Å²) in [6.07, 6.45) is 3.91. The van der Waals surface area contributed by atoms with Crippen LogP contribution < -0.4 is 10.9 Å². The SMILES string of the molecule is Cc1cc(C)c(C(=O)NC2CCCCC2CO)c(=O)[nH]1. The zero-order chi connectivity index (χ0) is 14.7. The fourth-order valence-corrected chi connectivity index (χ4v) is 2.99. The second kappa shape index (κ2) is 6.22. The molecule has 1 heterocycles. The van der Waals surface area contributed by atoms with Gasteiger partial charge in [0.2, 0.25) is 0 Å². The molecule has 1 aromatic rings. The largest absolute Gasteiger partial charge is 0.396 e. The fraction of sp³-hybridized carbons (Fsp3) is 0.600. The molecule has 20 heavy (non-hydrogen) atoms. The lowest BCUT2D eigenvalue weighted by molar-refractivity contribution is 0.0870. The zero-order valence-electron chi connectivity index (χ0n) is 12.0. The standard InChI is InChI=1S/C15H22N2O3/c1-9-7-10(2)16-14(19)13(9)15(20)17-12-6-4-3-5-11(12)8-18/h7,11-12,18H,3-6,8H2,1-2H3,(H,16,19)(H,17,20). The number of amides is 1. The Morgan fingerprint density at radius 1 is 1.40 bits per heavy atom. The number of hydrogen-bond acceptors (Lipinski definition) is 3. The number of nitrogens with one attached hydrogen (secondary N) is 2. The van der Waals surface area contributed by atoms with Crippen molar-refractivity contribution in [1.29, 1.82) is 0 Å². The minimum absolute atomic E-state index is 0.0404. The Kier molecular flexibility index (Phi) is 4.60. The van der Waals surface area contributed by atoms with E-state index in [-0.39, 0.29) is 35.6 Å². The number of aryl methyl sites for hydroxylation is 2. The summed E-state index contributed by atoms with van der Waals surface area (Å²) in [4.78, 5) is 26.9. The van der Waals surface area contributed by atoms with Crippen LogP contribution in [0.15, 0.2) is 10.9 Å². The maximum absolute atomic E-state index is 12.3. The lowest BCUT2D eigenvalue weighted by Gasteiger charge is -2.30. The Hall–Kier alpha value is -1.62. The van der Waals surface area contributed by atoms with E-state index >= 15 is 0 Å². The summed E-state index contributed by atoms with van der Waals surface area (Å²) < 4.78 is 0. The smallest absolute Gasteiger partial charge is 0.261 e. The number of aliphatic hydroxyl groups is 1. The second-order valence-corrected chi connectivity index (χ2v) is 5.65. The molecule has 2 rings (SSSR count). The number of aromatic amines is 1. The van der Waals surface area contributed by atoms with Crippen LogP contribution >= 0.6 is 0 Å². The normalized spacial score (nSPS) is 22.6. The molecule has 0 bridgehead atoms. The van der Waals surface area contributed by atoms with Crippen molar-refractivity contribution in [1.82, 2.24) is 10.3 Å². The van der Waals surface area contributed by atoms with Gasteiger partial charge in [0.25, 0.3) is 11.5 Å². The van der Waals surface area contributed by atoms with Gasteiger partial charge in [-0.25, -0.2) is 0 Å². The molecule has 1 fully saturated rings. The van der Waals surface area contributed by atoms with Crippen LogP contribution in [0.1, 0.15) is 47.3 Å². The highest BCUT2D eigenvalue weighted by molar-refractivity contribution is 5.95. The number of aliphatic hydroxyl groups excluding tert-OH is 1. The van der Waals surface area contributed by atoms with Crippen LogP contribution in [0.2, 0.25) is 0 Å². The van der Waals surface area contributed by atoms with Crippen molar-refractivity contribution in [2.45, 2.75) is 45.6 Å². The van der Waals surface area contributed by atoms with E-state index in [1.165, 1.54) is 0 Å². The van der Waals surface area contributed by atoms with Gasteiger partial charge in [-0.3, -0.25) is 9.59 Å². The summed E-state index contributed by atoms with van der Waals surface area (Å²) in [6.45, 7) is 3.63. The van der Waals surface area contributed by atoms with E-state index in [2.05, 4.69) is 10.3 Å². The first-order valence-electron chi connectivity index (χ1n) is 7.15. The van der Waals surface area contributed by atoms with E-state index in [9.17, 15) is 14.7 Å². The van der Waals surface area contributed by atoms with Gasteiger partial charge in [0.15, 0.2) is 0 Å². The molecule has 0 saturated heterocycles. The number of hydrogen-bond donors (Lipinski definition) is 3. The molecule has 2 atom stereocenters. The predicted molar refractivity (Wildman–Crippen MR) is 76.8 cm³/mol. The molecule has 5 heteroatoms. The molecule has 1 aliphatic carbocycles. The first-order valence-corrected chi connectivity index (χ1v) is 7.15. The van der Waals surface area contributed by atoms with Crippen LogP contribution in [0, 0.1) is 19.8 Å². The van der Waals surface area contributed by atoms with Crippen LogP contribution in [0.5, 0.6) is 0 Å². The Morgan fingerprint density at radius 2 is 2.10 bits per heavy atom. The summed E-state index contributed by atoms with van der Waals surface area (Å²) in [7, 11) is 0. The van der Waals surface area contributed by atoms with Crippen molar-refractivity contribution < 1.29 is 9.90 Å². The number of rotatable bonds is 3. The van der Waals surface area contributed by atoms with Crippen molar-refractivity contribution in [2.24, 2.45) is 5.92 Å². The Bertz CT molecular complexity index is 551. The summed E-state index contributed by atoms with van der Waals surface area (Å²) in [5, 5.41) is 12.3. The third kappa shape index (κ3) is 3.10. The van der Waals surface area contributed by atoms with Crippen molar-refractivity contribution in [3.8, 4) is 0 Å². The van der Waals surface area contributed by atoms with Gasteiger partial charge in [-0.2, -0.15) is 0 Å². The molecule has 1 saturated carbocycles. The lowest BCUT2D eigenvalue weighted by atomic mass is 9.85. The van der Waals surface area contributed by atoms with Crippen LogP contribution in [0.4, 0.5) is 0 Å². The molecule has 3 N–H and O–H groups in total. The molecule has 1 aliphatic rings. The van der Waals surface area contributed by atoms with Crippen LogP contribution in [-0.2, 0) is 0 Å². The third-order valence-corrected chi connectivity index (χ3v) is 4.05. The Balaban J connectivity index is 2.18. The number of carbonyl (C=O) groups excluding carboxylic acids is 1. The van der Waals surface area contributed by atoms with Gasteiger partial charge in [-0.05, 0) is 38.3 Å². The highest BCUT2D eigenvalue weighted by Gasteiger charge is 2.27. The van der Waals surface area contributed by atoms with Gasteiger partial charge in [-0.1, -0.05) is 12.8 Å². The maximum Gasteiger partial charge on any atom is 0.261 e. The van der Waals surface area contributed by atoms with E-state index in [1.54, 1.807) is 19.9 Å². The molecular formula is C15H22N2O3. The van der Waals surface area contributed by atoms with Gasteiger partial charge in [0.1, 0.15) is 5.56 Å². The minimum atomic E-state index is -0.351. The average molecular weight is 278 g/mol. The zero-order valence-corrected chi connectivity index (χ0v) is 12.0. The molecule has 0 radical (unpaired) electrons. The molecule has 0 aromatic carbocycles. The fourth-order valence-electron chi connectivity index (χ4n) is 2.99. The van der Waals surface area contributed by atoms with Crippen molar-refractivity contribution >= 4 is 5.91 Å².